The first kappa shape index (κ1) is 17.1. The van der Waals surface area contributed by atoms with E-state index in [1.54, 1.807) is 27.7 Å². The van der Waals surface area contributed by atoms with Gasteiger partial charge in [0.1, 0.15) is 5.54 Å². The van der Waals surface area contributed by atoms with E-state index in [9.17, 15) is 14.4 Å². The van der Waals surface area contributed by atoms with Crippen LogP contribution < -0.4 is 5.32 Å². The van der Waals surface area contributed by atoms with E-state index in [2.05, 4.69) is 5.32 Å². The predicted molar refractivity (Wildman–Crippen MR) is 96.0 cm³/mol. The second kappa shape index (κ2) is 5.69. The Kier molecular flexibility index (Phi) is 3.90. The smallest absolute Gasteiger partial charge is 0.319 e. The average molecular weight is 338 g/mol. The molecule has 3 amide bonds. The first-order valence-electron chi connectivity index (χ1n) is 8.29. The summed E-state index contributed by atoms with van der Waals surface area (Å²) in [5, 5.41) is 4.81. The Morgan fingerprint density at radius 3 is 2.36 bits per heavy atom. The van der Waals surface area contributed by atoms with Crippen LogP contribution in [0.5, 0.6) is 0 Å². The molecule has 1 aliphatic rings. The van der Waals surface area contributed by atoms with E-state index in [4.69, 9.17) is 0 Å². The molecule has 1 N–H and O–H groups in total. The molecule has 3 rings (SSSR count). The van der Waals surface area contributed by atoms with Crippen molar-refractivity contribution in [1.82, 2.24) is 10.2 Å². The third kappa shape index (κ3) is 2.90. The second-order valence-corrected chi connectivity index (χ2v) is 7.68. The van der Waals surface area contributed by atoms with E-state index in [1.807, 2.05) is 42.5 Å². The highest BCUT2D eigenvalue weighted by molar-refractivity contribution is 6.10. The van der Waals surface area contributed by atoms with Gasteiger partial charge in [-0.2, -0.15) is 0 Å². The number of fused-ring (bicyclic) bond motifs is 1. The van der Waals surface area contributed by atoms with Gasteiger partial charge in [0, 0.05) is 5.41 Å². The van der Waals surface area contributed by atoms with E-state index < -0.39 is 22.9 Å². The number of urea groups is 1. The highest BCUT2D eigenvalue weighted by Gasteiger charge is 2.50. The Labute approximate surface area is 147 Å². The molecule has 0 bridgehead atoms. The third-order valence-corrected chi connectivity index (χ3v) is 4.74. The highest BCUT2D eigenvalue weighted by Crippen LogP contribution is 2.31. The van der Waals surface area contributed by atoms with E-state index in [0.29, 0.717) is 5.56 Å². The van der Waals surface area contributed by atoms with Crippen molar-refractivity contribution in [3.05, 3.63) is 48.0 Å². The molecule has 0 saturated carbocycles. The van der Waals surface area contributed by atoms with Crippen molar-refractivity contribution in [2.45, 2.75) is 33.2 Å². The molecule has 2 aromatic rings. The van der Waals surface area contributed by atoms with Crippen LogP contribution in [0.4, 0.5) is 4.79 Å². The van der Waals surface area contributed by atoms with Crippen LogP contribution in [0.25, 0.3) is 10.8 Å². The van der Waals surface area contributed by atoms with Crippen molar-refractivity contribution in [1.29, 1.82) is 0 Å². The summed E-state index contributed by atoms with van der Waals surface area (Å²) >= 11 is 0. The number of Topliss-reactive ketones (excluding diaryl/α,β-unsaturated/α-hetero) is 1. The Hall–Kier alpha value is -2.69. The SMILES string of the molecule is CC(C)(C)C(=O)CN1C(=O)N[C@@](C)(c2ccc3ccccc3c2)C1=O. The molecule has 0 spiro atoms. The lowest BCUT2D eigenvalue weighted by molar-refractivity contribution is -0.136. The Morgan fingerprint density at radius 1 is 1.08 bits per heavy atom. The fourth-order valence-electron chi connectivity index (χ4n) is 2.92. The van der Waals surface area contributed by atoms with Crippen LogP contribution in [-0.4, -0.2) is 29.2 Å². The van der Waals surface area contributed by atoms with Crippen molar-refractivity contribution in [3.63, 3.8) is 0 Å². The molecular formula is C20H22N2O3. The number of carbonyl (C=O) groups excluding carboxylic acids is 3. The lowest BCUT2D eigenvalue weighted by Crippen LogP contribution is -2.42. The van der Waals surface area contributed by atoms with Gasteiger partial charge in [-0.15, -0.1) is 0 Å². The predicted octanol–water partition coefficient (Wildman–Crippen LogP) is 3.22. The third-order valence-electron chi connectivity index (χ3n) is 4.74. The number of hydrogen-bond donors (Lipinski definition) is 1. The van der Waals surface area contributed by atoms with Gasteiger partial charge in [-0.1, -0.05) is 57.2 Å². The normalized spacial score (nSPS) is 20.9. The number of benzene rings is 2. The maximum atomic E-state index is 12.9. The van der Waals surface area contributed by atoms with E-state index in [1.165, 1.54) is 0 Å². The minimum atomic E-state index is -1.17. The molecule has 5 nitrogen and oxygen atoms in total. The van der Waals surface area contributed by atoms with Crippen molar-refractivity contribution < 1.29 is 14.4 Å². The Morgan fingerprint density at radius 2 is 1.72 bits per heavy atom. The number of carbonyl (C=O) groups is 3. The molecule has 0 unspecified atom stereocenters. The minimum absolute atomic E-state index is 0.154. The Balaban J connectivity index is 1.94. The van der Waals surface area contributed by atoms with Gasteiger partial charge >= 0.3 is 6.03 Å². The number of nitrogens with one attached hydrogen (secondary N) is 1. The first-order chi connectivity index (χ1) is 11.6. The first-order valence-corrected chi connectivity index (χ1v) is 8.29. The summed E-state index contributed by atoms with van der Waals surface area (Å²) in [7, 11) is 0. The molecule has 130 valence electrons. The summed E-state index contributed by atoms with van der Waals surface area (Å²) in [5.74, 6) is -0.552. The van der Waals surface area contributed by atoms with E-state index in [-0.39, 0.29) is 12.3 Å². The highest BCUT2D eigenvalue weighted by atomic mass is 16.2. The number of imide groups is 1. The molecular weight excluding hydrogens is 316 g/mol. The quantitative estimate of drug-likeness (QED) is 0.874. The lowest BCUT2D eigenvalue weighted by atomic mass is 9.89. The fraction of sp³-hybridized carbons (Fsp3) is 0.350. The topological polar surface area (TPSA) is 66.5 Å². The zero-order valence-electron chi connectivity index (χ0n) is 14.9. The zero-order valence-corrected chi connectivity index (χ0v) is 14.9. The summed E-state index contributed by atoms with van der Waals surface area (Å²) in [6.45, 7) is 6.79. The van der Waals surface area contributed by atoms with Gasteiger partial charge in [-0.3, -0.25) is 14.5 Å². The van der Waals surface area contributed by atoms with Crippen molar-refractivity contribution in [2.75, 3.05) is 6.54 Å². The van der Waals surface area contributed by atoms with Crippen LogP contribution in [0.1, 0.15) is 33.3 Å². The molecule has 1 fully saturated rings. The van der Waals surface area contributed by atoms with Crippen molar-refractivity contribution >= 4 is 28.5 Å². The summed E-state index contributed by atoms with van der Waals surface area (Å²) in [6.07, 6.45) is 0. The van der Waals surface area contributed by atoms with Crippen molar-refractivity contribution in [2.24, 2.45) is 5.41 Å². The van der Waals surface area contributed by atoms with Gasteiger partial charge in [-0.05, 0) is 29.3 Å². The van der Waals surface area contributed by atoms with Gasteiger partial charge in [0.2, 0.25) is 0 Å². The van der Waals surface area contributed by atoms with Crippen LogP contribution in [0.2, 0.25) is 0 Å². The van der Waals surface area contributed by atoms with Crippen LogP contribution in [-0.2, 0) is 15.1 Å². The molecule has 1 heterocycles. The number of ketones is 1. The van der Waals surface area contributed by atoms with Crippen molar-refractivity contribution in [3.8, 4) is 0 Å². The van der Waals surface area contributed by atoms with Crippen LogP contribution in [0.3, 0.4) is 0 Å². The average Bonchev–Trinajstić information content (AvgIpc) is 2.77. The Bertz CT molecular complexity index is 882. The maximum Gasteiger partial charge on any atom is 0.325 e. The van der Waals surface area contributed by atoms with Crippen LogP contribution >= 0.6 is 0 Å². The number of amides is 3. The molecule has 0 radical (unpaired) electrons. The molecule has 2 aromatic carbocycles. The van der Waals surface area contributed by atoms with Crippen LogP contribution in [0, 0.1) is 5.41 Å². The number of rotatable bonds is 3. The van der Waals surface area contributed by atoms with Gasteiger partial charge in [0.25, 0.3) is 5.91 Å². The maximum absolute atomic E-state index is 12.9. The summed E-state index contributed by atoms with van der Waals surface area (Å²) in [5.41, 5.74) is -1.07. The minimum Gasteiger partial charge on any atom is -0.319 e. The van der Waals surface area contributed by atoms with Gasteiger partial charge < -0.3 is 5.32 Å². The molecule has 0 aromatic heterocycles. The van der Waals surface area contributed by atoms with Gasteiger partial charge in [0.05, 0.1) is 6.54 Å². The monoisotopic (exact) mass is 338 g/mol. The number of hydrogen-bond acceptors (Lipinski definition) is 3. The largest absolute Gasteiger partial charge is 0.325 e. The molecule has 5 heteroatoms. The lowest BCUT2D eigenvalue weighted by Gasteiger charge is -2.24. The summed E-state index contributed by atoms with van der Waals surface area (Å²) in [6, 6.07) is 13.0. The molecule has 25 heavy (non-hydrogen) atoms. The van der Waals surface area contributed by atoms with E-state index in [0.717, 1.165) is 15.7 Å². The van der Waals surface area contributed by atoms with Crippen LogP contribution in [0.15, 0.2) is 42.5 Å². The second-order valence-electron chi connectivity index (χ2n) is 7.68. The molecule has 1 aliphatic heterocycles. The van der Waals surface area contributed by atoms with Gasteiger partial charge in [0.15, 0.2) is 5.78 Å². The standard InChI is InChI=1S/C20H22N2O3/c1-19(2,3)16(23)12-22-17(24)20(4,21-18(22)25)15-10-9-13-7-5-6-8-14(13)11-15/h5-11H,12H2,1-4H3,(H,21,25)/t20-/m0/s1. The fourth-order valence-corrected chi connectivity index (χ4v) is 2.92. The van der Waals surface area contributed by atoms with Gasteiger partial charge in [-0.25, -0.2) is 4.79 Å². The summed E-state index contributed by atoms with van der Waals surface area (Å²) < 4.78 is 0. The molecule has 0 aliphatic carbocycles. The number of nitrogens with zero attached hydrogens (tertiary/aromatic N) is 1. The van der Waals surface area contributed by atoms with E-state index >= 15 is 0 Å². The molecule has 1 atom stereocenters. The zero-order chi connectivity index (χ0) is 18.4. The summed E-state index contributed by atoms with van der Waals surface area (Å²) in [4.78, 5) is 38.5. The molecule has 1 saturated heterocycles.